The minimum Gasteiger partial charge on any atom is -0.253 e. The van der Waals surface area contributed by atoms with E-state index in [0.29, 0.717) is 5.92 Å². The number of hydrogen-bond acceptors (Lipinski definition) is 2. The highest BCUT2D eigenvalue weighted by Gasteiger charge is 2.15. The summed E-state index contributed by atoms with van der Waals surface area (Å²) in [7, 11) is 0. The highest BCUT2D eigenvalue weighted by Crippen LogP contribution is 2.30. The predicted octanol–water partition coefficient (Wildman–Crippen LogP) is 4.11. The van der Waals surface area contributed by atoms with E-state index in [0.717, 1.165) is 25.1 Å². The molecule has 4 heteroatoms. The fourth-order valence-corrected chi connectivity index (χ4v) is 3.09. The molecule has 1 atom stereocenters. The Kier molecular flexibility index (Phi) is 4.75. The molecule has 0 aliphatic heterocycles. The van der Waals surface area contributed by atoms with Crippen molar-refractivity contribution in [1.82, 2.24) is 15.0 Å². The van der Waals surface area contributed by atoms with Gasteiger partial charge in [0.15, 0.2) is 0 Å². The third-order valence-corrected chi connectivity index (χ3v) is 4.14. The second-order valence-electron chi connectivity index (χ2n) is 4.90. The second-order valence-corrected chi connectivity index (χ2v) is 5.75. The number of aromatic nitrogens is 3. The van der Waals surface area contributed by atoms with E-state index in [4.69, 9.17) is 0 Å². The first-order chi connectivity index (χ1) is 9.13. The van der Waals surface area contributed by atoms with Gasteiger partial charge in [0.25, 0.3) is 0 Å². The fraction of sp³-hybridized carbons (Fsp3) is 0.467. The molecule has 0 spiro atoms. The smallest absolute Gasteiger partial charge is 0.0833 e. The Hall–Kier alpha value is -1.16. The minimum absolute atomic E-state index is 0.483. The predicted molar refractivity (Wildman–Crippen MR) is 81.3 cm³/mol. The number of aryl methyl sites for hydroxylation is 2. The summed E-state index contributed by atoms with van der Waals surface area (Å²) in [5.74, 6) is 0.483. The molecule has 1 heterocycles. The number of benzene rings is 1. The zero-order chi connectivity index (χ0) is 13.8. The lowest BCUT2D eigenvalue weighted by atomic mass is 9.91. The van der Waals surface area contributed by atoms with E-state index < -0.39 is 0 Å². The maximum absolute atomic E-state index is 4.25. The van der Waals surface area contributed by atoms with Gasteiger partial charge >= 0.3 is 0 Å². The molecule has 0 bridgehead atoms. The molecule has 102 valence electrons. The van der Waals surface area contributed by atoms with Crippen molar-refractivity contribution in [2.45, 2.75) is 46.1 Å². The van der Waals surface area contributed by atoms with Crippen molar-refractivity contribution in [2.24, 2.45) is 0 Å². The van der Waals surface area contributed by atoms with Crippen LogP contribution in [-0.4, -0.2) is 15.0 Å². The minimum atomic E-state index is 0.483. The molecule has 1 aromatic heterocycles. The third kappa shape index (κ3) is 3.44. The van der Waals surface area contributed by atoms with E-state index in [-0.39, 0.29) is 0 Å². The van der Waals surface area contributed by atoms with Gasteiger partial charge in [-0.2, -0.15) is 0 Å². The number of hydrogen-bond donors (Lipinski definition) is 0. The van der Waals surface area contributed by atoms with E-state index >= 15 is 0 Å². The summed E-state index contributed by atoms with van der Waals surface area (Å²) in [5, 5.41) is 8.35. The van der Waals surface area contributed by atoms with Gasteiger partial charge in [-0.3, -0.25) is 4.68 Å². The van der Waals surface area contributed by atoms with Crippen molar-refractivity contribution < 1.29 is 0 Å². The number of nitrogens with zero attached hydrogens (tertiary/aromatic N) is 3. The van der Waals surface area contributed by atoms with Gasteiger partial charge in [0.2, 0.25) is 0 Å². The Morgan fingerprint density at radius 2 is 2.11 bits per heavy atom. The van der Waals surface area contributed by atoms with Crippen LogP contribution in [0.25, 0.3) is 0 Å². The topological polar surface area (TPSA) is 30.7 Å². The second kappa shape index (κ2) is 6.33. The molecule has 0 saturated heterocycles. The summed E-state index contributed by atoms with van der Waals surface area (Å²) >= 11 is 3.68. The van der Waals surface area contributed by atoms with Gasteiger partial charge in [-0.15, -0.1) is 5.10 Å². The maximum atomic E-state index is 4.25. The number of rotatable bonds is 5. The highest BCUT2D eigenvalue weighted by molar-refractivity contribution is 9.10. The SMILES string of the molecule is CCC(Cc1cn(CC)nn1)c1ccc(C)cc1Br. The monoisotopic (exact) mass is 321 g/mol. The molecule has 0 amide bonds. The Bertz CT molecular complexity index is 548. The van der Waals surface area contributed by atoms with Crippen LogP contribution in [-0.2, 0) is 13.0 Å². The molecule has 19 heavy (non-hydrogen) atoms. The molecular weight excluding hydrogens is 302 g/mol. The van der Waals surface area contributed by atoms with Gasteiger partial charge < -0.3 is 0 Å². The summed E-state index contributed by atoms with van der Waals surface area (Å²) < 4.78 is 3.08. The van der Waals surface area contributed by atoms with E-state index in [1.807, 2.05) is 10.9 Å². The quantitative estimate of drug-likeness (QED) is 0.829. The van der Waals surface area contributed by atoms with Crippen LogP contribution in [0.5, 0.6) is 0 Å². The van der Waals surface area contributed by atoms with E-state index in [1.165, 1.54) is 15.6 Å². The van der Waals surface area contributed by atoms with Crippen molar-refractivity contribution in [3.63, 3.8) is 0 Å². The summed E-state index contributed by atoms with van der Waals surface area (Å²) in [5.41, 5.74) is 3.71. The largest absolute Gasteiger partial charge is 0.253 e. The van der Waals surface area contributed by atoms with Crippen molar-refractivity contribution in [3.8, 4) is 0 Å². The Balaban J connectivity index is 2.19. The molecule has 0 aliphatic carbocycles. The van der Waals surface area contributed by atoms with Crippen LogP contribution in [0.15, 0.2) is 28.9 Å². The van der Waals surface area contributed by atoms with Crippen molar-refractivity contribution >= 4 is 15.9 Å². The van der Waals surface area contributed by atoms with Crippen molar-refractivity contribution in [1.29, 1.82) is 0 Å². The van der Waals surface area contributed by atoms with Crippen LogP contribution in [0.1, 0.15) is 43.0 Å². The lowest BCUT2D eigenvalue weighted by Gasteiger charge is -2.16. The third-order valence-electron chi connectivity index (χ3n) is 3.45. The van der Waals surface area contributed by atoms with Crippen LogP contribution in [0, 0.1) is 6.92 Å². The van der Waals surface area contributed by atoms with Crippen molar-refractivity contribution in [2.75, 3.05) is 0 Å². The first kappa shape index (κ1) is 14.3. The molecule has 0 fully saturated rings. The van der Waals surface area contributed by atoms with Gasteiger partial charge in [-0.1, -0.05) is 40.2 Å². The molecule has 0 N–H and O–H groups in total. The zero-order valence-corrected chi connectivity index (χ0v) is 13.3. The van der Waals surface area contributed by atoms with Crippen molar-refractivity contribution in [3.05, 3.63) is 45.7 Å². The lowest BCUT2D eigenvalue weighted by molar-refractivity contribution is 0.624. The summed E-state index contributed by atoms with van der Waals surface area (Å²) in [6.07, 6.45) is 4.09. The number of halogens is 1. The van der Waals surface area contributed by atoms with Gasteiger partial charge in [-0.05, 0) is 43.4 Å². The van der Waals surface area contributed by atoms with E-state index in [9.17, 15) is 0 Å². The average Bonchev–Trinajstić information content (AvgIpc) is 2.84. The lowest BCUT2D eigenvalue weighted by Crippen LogP contribution is -2.03. The highest BCUT2D eigenvalue weighted by atomic mass is 79.9. The van der Waals surface area contributed by atoms with E-state index in [1.54, 1.807) is 0 Å². The molecule has 2 rings (SSSR count). The van der Waals surface area contributed by atoms with Crippen LogP contribution in [0.4, 0.5) is 0 Å². The fourth-order valence-electron chi connectivity index (χ4n) is 2.28. The normalized spacial score (nSPS) is 12.6. The molecule has 3 nitrogen and oxygen atoms in total. The molecule has 0 saturated carbocycles. The van der Waals surface area contributed by atoms with Crippen LogP contribution < -0.4 is 0 Å². The van der Waals surface area contributed by atoms with Crippen LogP contribution in [0.3, 0.4) is 0 Å². The maximum Gasteiger partial charge on any atom is 0.0833 e. The molecule has 0 radical (unpaired) electrons. The Labute approximate surface area is 123 Å². The zero-order valence-electron chi connectivity index (χ0n) is 11.7. The average molecular weight is 322 g/mol. The summed E-state index contributed by atoms with van der Waals surface area (Å²) in [6, 6.07) is 6.57. The molecule has 1 unspecified atom stereocenters. The first-order valence-corrected chi connectivity index (χ1v) is 7.58. The van der Waals surface area contributed by atoms with Gasteiger partial charge in [0, 0.05) is 23.6 Å². The molecule has 1 aromatic carbocycles. The molecule has 0 aliphatic rings. The van der Waals surface area contributed by atoms with E-state index in [2.05, 4.69) is 65.2 Å². The van der Waals surface area contributed by atoms with Crippen LogP contribution in [0.2, 0.25) is 0 Å². The standard InChI is InChI=1S/C15H20BrN3/c1-4-12(9-13-10-19(5-2)18-17-13)14-7-6-11(3)8-15(14)16/h6-8,10,12H,4-5,9H2,1-3H3. The van der Waals surface area contributed by atoms with Gasteiger partial charge in [-0.25, -0.2) is 0 Å². The molecule has 2 aromatic rings. The Morgan fingerprint density at radius 1 is 1.32 bits per heavy atom. The van der Waals surface area contributed by atoms with Gasteiger partial charge in [0.1, 0.15) is 0 Å². The van der Waals surface area contributed by atoms with Gasteiger partial charge in [0.05, 0.1) is 5.69 Å². The Morgan fingerprint density at radius 3 is 2.68 bits per heavy atom. The summed E-state index contributed by atoms with van der Waals surface area (Å²) in [4.78, 5) is 0. The molecular formula is C15H20BrN3. The first-order valence-electron chi connectivity index (χ1n) is 6.79. The summed E-state index contributed by atoms with van der Waals surface area (Å²) in [6.45, 7) is 7.29. The van der Waals surface area contributed by atoms with Crippen LogP contribution >= 0.6 is 15.9 Å².